The van der Waals surface area contributed by atoms with Gasteiger partial charge in [-0.05, 0) is 36.4 Å². The molecule has 0 aliphatic rings. The summed E-state index contributed by atoms with van der Waals surface area (Å²) in [5.41, 5.74) is 1.33. The van der Waals surface area contributed by atoms with E-state index in [1.54, 1.807) is 29.1 Å². The minimum Gasteiger partial charge on any atom is -0.280 e. The standard InChI is InChI=1S/C14H11Cl2N3O2S/c1-19-13-5-3-11(6-9(13)8-17-19)18-22(20,21)14-7-10(15)2-4-12(14)16/h2-8,18H,1H3. The van der Waals surface area contributed by atoms with Gasteiger partial charge in [-0.1, -0.05) is 23.2 Å². The van der Waals surface area contributed by atoms with E-state index in [9.17, 15) is 8.42 Å². The van der Waals surface area contributed by atoms with Crippen LogP contribution < -0.4 is 4.72 Å². The second-order valence-corrected chi connectivity index (χ2v) is 7.22. The quantitative estimate of drug-likeness (QED) is 0.779. The highest BCUT2D eigenvalue weighted by Crippen LogP contribution is 2.27. The number of anilines is 1. The van der Waals surface area contributed by atoms with Gasteiger partial charge in [0.25, 0.3) is 10.0 Å². The lowest BCUT2D eigenvalue weighted by Gasteiger charge is -2.10. The maximum Gasteiger partial charge on any atom is 0.263 e. The molecule has 3 aromatic rings. The molecule has 0 spiro atoms. The molecule has 0 aliphatic carbocycles. The largest absolute Gasteiger partial charge is 0.280 e. The highest BCUT2D eigenvalue weighted by molar-refractivity contribution is 7.92. The number of aromatic nitrogens is 2. The van der Waals surface area contributed by atoms with Crippen molar-refractivity contribution in [3.8, 4) is 0 Å². The predicted octanol–water partition coefficient (Wildman–Crippen LogP) is 3.68. The van der Waals surface area contributed by atoms with E-state index in [1.165, 1.54) is 18.2 Å². The molecule has 0 radical (unpaired) electrons. The molecule has 0 saturated carbocycles. The van der Waals surface area contributed by atoms with Gasteiger partial charge in [-0.25, -0.2) is 8.42 Å². The second-order valence-electron chi connectivity index (χ2n) is 4.72. The average molecular weight is 356 g/mol. The fourth-order valence-corrected chi connectivity index (χ4v) is 3.93. The first-order valence-corrected chi connectivity index (χ1v) is 8.50. The molecule has 0 amide bonds. The number of nitrogens with zero attached hydrogens (tertiary/aromatic N) is 2. The van der Waals surface area contributed by atoms with Gasteiger partial charge in [-0.2, -0.15) is 5.10 Å². The van der Waals surface area contributed by atoms with Gasteiger partial charge in [-0.3, -0.25) is 9.40 Å². The summed E-state index contributed by atoms with van der Waals surface area (Å²) in [5.74, 6) is 0. The molecule has 8 heteroatoms. The van der Waals surface area contributed by atoms with Gasteiger partial charge in [0, 0.05) is 23.1 Å². The molecule has 1 N–H and O–H groups in total. The Morgan fingerprint density at radius 1 is 1.14 bits per heavy atom. The summed E-state index contributed by atoms with van der Waals surface area (Å²) >= 11 is 11.8. The van der Waals surface area contributed by atoms with E-state index in [4.69, 9.17) is 23.2 Å². The number of fused-ring (bicyclic) bond motifs is 1. The fraction of sp³-hybridized carbons (Fsp3) is 0.0714. The molecule has 3 rings (SSSR count). The Hall–Kier alpha value is -1.76. The zero-order valence-corrected chi connectivity index (χ0v) is 13.7. The van der Waals surface area contributed by atoms with Crippen molar-refractivity contribution < 1.29 is 8.42 Å². The van der Waals surface area contributed by atoms with Crippen LogP contribution in [0.25, 0.3) is 10.9 Å². The summed E-state index contributed by atoms with van der Waals surface area (Å²) in [5, 5.41) is 5.36. The first-order chi connectivity index (χ1) is 10.4. The molecule has 2 aromatic carbocycles. The van der Waals surface area contributed by atoms with Crippen molar-refractivity contribution >= 4 is 49.8 Å². The zero-order valence-electron chi connectivity index (χ0n) is 11.4. The van der Waals surface area contributed by atoms with Crippen molar-refractivity contribution in [3.63, 3.8) is 0 Å². The molecule has 0 atom stereocenters. The number of rotatable bonds is 3. The Morgan fingerprint density at radius 2 is 1.91 bits per heavy atom. The van der Waals surface area contributed by atoms with Crippen LogP contribution in [0, 0.1) is 0 Å². The summed E-state index contributed by atoms with van der Waals surface area (Å²) in [6.07, 6.45) is 1.67. The van der Waals surface area contributed by atoms with Gasteiger partial charge >= 0.3 is 0 Å². The number of benzene rings is 2. The zero-order chi connectivity index (χ0) is 15.9. The van der Waals surface area contributed by atoms with Crippen LogP contribution in [-0.2, 0) is 17.1 Å². The third-order valence-electron chi connectivity index (χ3n) is 3.18. The van der Waals surface area contributed by atoms with Crippen molar-refractivity contribution in [1.29, 1.82) is 0 Å². The number of halogens is 2. The molecule has 5 nitrogen and oxygen atoms in total. The summed E-state index contributed by atoms with van der Waals surface area (Å²) in [7, 11) is -2.00. The van der Waals surface area contributed by atoms with E-state index in [2.05, 4.69) is 9.82 Å². The Labute approximate surface area is 137 Å². The van der Waals surface area contributed by atoms with Crippen molar-refractivity contribution in [1.82, 2.24) is 9.78 Å². The first-order valence-electron chi connectivity index (χ1n) is 6.26. The molecule has 0 fully saturated rings. The summed E-state index contributed by atoms with van der Waals surface area (Å²) in [6.45, 7) is 0. The van der Waals surface area contributed by atoms with Crippen molar-refractivity contribution in [2.24, 2.45) is 7.05 Å². The molecule has 1 heterocycles. The molecular weight excluding hydrogens is 345 g/mol. The van der Waals surface area contributed by atoms with E-state index in [0.717, 1.165) is 10.9 Å². The van der Waals surface area contributed by atoms with Gasteiger partial charge < -0.3 is 0 Å². The molecule has 114 valence electrons. The van der Waals surface area contributed by atoms with Crippen LogP contribution in [-0.4, -0.2) is 18.2 Å². The number of aryl methyl sites for hydroxylation is 1. The Balaban J connectivity index is 2.00. The van der Waals surface area contributed by atoms with Gasteiger partial charge in [0.1, 0.15) is 4.90 Å². The van der Waals surface area contributed by atoms with Crippen molar-refractivity contribution in [2.75, 3.05) is 4.72 Å². The lowest BCUT2D eigenvalue weighted by molar-refractivity contribution is 0.601. The van der Waals surface area contributed by atoms with E-state index < -0.39 is 10.0 Å². The SMILES string of the molecule is Cn1ncc2cc(NS(=O)(=O)c3cc(Cl)ccc3Cl)ccc21. The Bertz CT molecular complexity index is 967. The fourth-order valence-electron chi connectivity index (χ4n) is 2.12. The smallest absolute Gasteiger partial charge is 0.263 e. The van der Waals surface area contributed by atoms with Crippen LogP contribution in [0.4, 0.5) is 5.69 Å². The van der Waals surface area contributed by atoms with E-state index in [-0.39, 0.29) is 9.92 Å². The number of hydrogen-bond donors (Lipinski definition) is 1. The maximum absolute atomic E-state index is 12.4. The lowest BCUT2D eigenvalue weighted by Crippen LogP contribution is -2.13. The van der Waals surface area contributed by atoms with Crippen LogP contribution in [0.2, 0.25) is 10.0 Å². The van der Waals surface area contributed by atoms with Gasteiger partial charge in [-0.15, -0.1) is 0 Å². The monoisotopic (exact) mass is 355 g/mol. The topological polar surface area (TPSA) is 64.0 Å². The molecule has 0 unspecified atom stereocenters. The predicted molar refractivity (Wildman–Crippen MR) is 88.0 cm³/mol. The highest BCUT2D eigenvalue weighted by atomic mass is 35.5. The van der Waals surface area contributed by atoms with Crippen LogP contribution in [0.1, 0.15) is 0 Å². The van der Waals surface area contributed by atoms with Gasteiger partial charge in [0.2, 0.25) is 0 Å². The molecule has 22 heavy (non-hydrogen) atoms. The maximum atomic E-state index is 12.4. The van der Waals surface area contributed by atoms with Gasteiger partial charge in [0.05, 0.1) is 16.7 Å². The number of nitrogens with one attached hydrogen (secondary N) is 1. The Morgan fingerprint density at radius 3 is 2.68 bits per heavy atom. The molecule has 1 aromatic heterocycles. The molecule has 0 bridgehead atoms. The van der Waals surface area contributed by atoms with E-state index >= 15 is 0 Å². The summed E-state index contributed by atoms with van der Waals surface area (Å²) in [4.78, 5) is -0.0621. The normalized spacial score (nSPS) is 11.8. The average Bonchev–Trinajstić information content (AvgIpc) is 2.82. The first kappa shape index (κ1) is 15.1. The molecule has 0 aliphatic heterocycles. The van der Waals surface area contributed by atoms with Crippen LogP contribution >= 0.6 is 23.2 Å². The second kappa shape index (κ2) is 5.46. The third kappa shape index (κ3) is 2.77. The Kier molecular flexibility index (Phi) is 3.76. The molecule has 0 saturated heterocycles. The van der Waals surface area contributed by atoms with Crippen molar-refractivity contribution in [2.45, 2.75) is 4.90 Å². The van der Waals surface area contributed by atoms with E-state index in [1.807, 2.05) is 7.05 Å². The van der Waals surface area contributed by atoms with Crippen LogP contribution in [0.15, 0.2) is 47.5 Å². The summed E-state index contributed by atoms with van der Waals surface area (Å²) < 4.78 is 29.1. The van der Waals surface area contributed by atoms with E-state index in [0.29, 0.717) is 10.7 Å². The minimum absolute atomic E-state index is 0.0621. The number of hydrogen-bond acceptors (Lipinski definition) is 3. The number of sulfonamides is 1. The lowest BCUT2D eigenvalue weighted by atomic mass is 10.2. The minimum atomic E-state index is -3.82. The highest BCUT2D eigenvalue weighted by Gasteiger charge is 2.19. The van der Waals surface area contributed by atoms with Crippen molar-refractivity contribution in [3.05, 3.63) is 52.6 Å². The molecular formula is C14H11Cl2N3O2S. The van der Waals surface area contributed by atoms with Gasteiger partial charge in [0.15, 0.2) is 0 Å². The van der Waals surface area contributed by atoms with Crippen LogP contribution in [0.5, 0.6) is 0 Å². The third-order valence-corrected chi connectivity index (χ3v) is 5.28. The summed E-state index contributed by atoms with van der Waals surface area (Å²) in [6, 6.07) is 9.46. The van der Waals surface area contributed by atoms with Crippen LogP contribution in [0.3, 0.4) is 0 Å².